The van der Waals surface area contributed by atoms with Gasteiger partial charge in [-0.15, -0.1) is 0 Å². The summed E-state index contributed by atoms with van der Waals surface area (Å²) in [5, 5.41) is 10.2. The van der Waals surface area contributed by atoms with Crippen molar-refractivity contribution in [2.24, 2.45) is 10.1 Å². The van der Waals surface area contributed by atoms with E-state index in [4.69, 9.17) is 16.7 Å². The number of rotatable bonds is 5. The Morgan fingerprint density at radius 3 is 2.57 bits per heavy atom. The SMILES string of the molecule is Cc1cccc([C@H]2CC(c3ccc(Cl)cc3)=NN2C2=NC(=O)[C@H](CC(=O)Nc3ccc(C)c(C)c3)S2)c1. The predicted octanol–water partition coefficient (Wildman–Crippen LogP) is 6.44. The first-order chi connectivity index (χ1) is 17.8. The number of hydrogen-bond acceptors (Lipinski definition) is 5. The normalized spacial score (nSPS) is 19.1. The molecule has 5 rings (SSSR count). The van der Waals surface area contributed by atoms with Crippen LogP contribution in [0.4, 0.5) is 5.69 Å². The van der Waals surface area contributed by atoms with E-state index >= 15 is 0 Å². The molecule has 0 radical (unpaired) electrons. The van der Waals surface area contributed by atoms with Crippen LogP contribution >= 0.6 is 23.4 Å². The van der Waals surface area contributed by atoms with Gasteiger partial charge in [-0.2, -0.15) is 10.1 Å². The molecular weight excluding hydrogens is 504 g/mol. The van der Waals surface area contributed by atoms with Crippen molar-refractivity contribution in [3.8, 4) is 0 Å². The summed E-state index contributed by atoms with van der Waals surface area (Å²) in [5.74, 6) is -0.527. The molecule has 2 heterocycles. The highest BCUT2D eigenvalue weighted by molar-refractivity contribution is 8.15. The number of aryl methyl sites for hydroxylation is 3. The van der Waals surface area contributed by atoms with E-state index in [0.717, 1.165) is 39.2 Å². The zero-order valence-electron chi connectivity index (χ0n) is 20.9. The third-order valence-electron chi connectivity index (χ3n) is 6.60. The van der Waals surface area contributed by atoms with Crippen molar-refractivity contribution < 1.29 is 9.59 Å². The summed E-state index contributed by atoms with van der Waals surface area (Å²) in [6, 6.07) is 21.5. The minimum atomic E-state index is -0.588. The number of carbonyl (C=O) groups excluding carboxylic acids is 2. The number of amidine groups is 1. The van der Waals surface area contributed by atoms with Crippen LogP contribution in [0.25, 0.3) is 0 Å². The van der Waals surface area contributed by atoms with E-state index in [9.17, 15) is 9.59 Å². The number of halogens is 1. The molecule has 6 nitrogen and oxygen atoms in total. The molecule has 0 saturated carbocycles. The first-order valence-corrected chi connectivity index (χ1v) is 13.4. The van der Waals surface area contributed by atoms with Crippen LogP contribution in [0.5, 0.6) is 0 Å². The Morgan fingerprint density at radius 1 is 1.05 bits per heavy atom. The molecule has 0 unspecified atom stereocenters. The van der Waals surface area contributed by atoms with Gasteiger partial charge in [0.25, 0.3) is 5.91 Å². The monoisotopic (exact) mass is 530 g/mol. The van der Waals surface area contributed by atoms with Crippen LogP contribution in [0.2, 0.25) is 5.02 Å². The van der Waals surface area contributed by atoms with Gasteiger partial charge in [-0.3, -0.25) is 9.59 Å². The van der Waals surface area contributed by atoms with E-state index in [1.807, 2.05) is 67.4 Å². The number of nitrogens with zero attached hydrogens (tertiary/aromatic N) is 3. The summed E-state index contributed by atoms with van der Waals surface area (Å²) in [6.07, 6.45) is 0.705. The molecule has 2 atom stereocenters. The third kappa shape index (κ3) is 5.63. The average Bonchev–Trinajstić information content (AvgIpc) is 3.46. The third-order valence-corrected chi connectivity index (χ3v) is 8.00. The van der Waals surface area contributed by atoms with Crippen LogP contribution in [0.1, 0.15) is 46.7 Å². The molecule has 0 bridgehead atoms. The number of hydrogen-bond donors (Lipinski definition) is 1. The van der Waals surface area contributed by atoms with Gasteiger partial charge in [0.2, 0.25) is 5.91 Å². The molecule has 0 saturated heterocycles. The molecule has 2 amide bonds. The highest BCUT2D eigenvalue weighted by atomic mass is 35.5. The standard InChI is InChI=1S/C29H27ClN4O2S/c1-17-5-4-6-21(13-17)25-15-24(20-8-10-22(30)11-9-20)33-34(25)29-32-28(36)26(37-29)16-27(35)31-23-12-7-18(2)19(3)14-23/h4-14,25-26H,15-16H2,1-3H3,(H,31,35)/t25-,26+/m1/s1. The van der Waals surface area contributed by atoms with Gasteiger partial charge < -0.3 is 5.32 Å². The maximum Gasteiger partial charge on any atom is 0.262 e. The summed E-state index contributed by atoms with van der Waals surface area (Å²) >= 11 is 7.39. The summed E-state index contributed by atoms with van der Waals surface area (Å²) in [7, 11) is 0. The van der Waals surface area contributed by atoms with Crippen molar-refractivity contribution in [2.75, 3.05) is 5.32 Å². The lowest BCUT2D eigenvalue weighted by Crippen LogP contribution is -2.25. The van der Waals surface area contributed by atoms with Crippen LogP contribution in [0, 0.1) is 20.8 Å². The molecule has 0 spiro atoms. The van der Waals surface area contributed by atoms with Crippen LogP contribution in [0.3, 0.4) is 0 Å². The molecule has 37 heavy (non-hydrogen) atoms. The van der Waals surface area contributed by atoms with Crippen molar-refractivity contribution in [2.45, 2.75) is 44.9 Å². The van der Waals surface area contributed by atoms with Crippen molar-refractivity contribution in [1.29, 1.82) is 0 Å². The highest BCUT2D eigenvalue weighted by Crippen LogP contribution is 2.39. The molecule has 0 aliphatic carbocycles. The number of hydrazone groups is 1. The topological polar surface area (TPSA) is 74.1 Å². The summed E-state index contributed by atoms with van der Waals surface area (Å²) in [6.45, 7) is 6.08. The van der Waals surface area contributed by atoms with E-state index in [-0.39, 0.29) is 24.3 Å². The molecule has 188 valence electrons. The lowest BCUT2D eigenvalue weighted by atomic mass is 9.97. The minimum Gasteiger partial charge on any atom is -0.326 e. The molecule has 8 heteroatoms. The summed E-state index contributed by atoms with van der Waals surface area (Å²) in [5.41, 5.74) is 7.10. The maximum absolute atomic E-state index is 12.8. The predicted molar refractivity (Wildman–Crippen MR) is 151 cm³/mol. The second-order valence-electron chi connectivity index (χ2n) is 9.42. The molecule has 0 aromatic heterocycles. The second-order valence-corrected chi connectivity index (χ2v) is 11.0. The molecule has 2 aliphatic heterocycles. The van der Waals surface area contributed by atoms with E-state index in [2.05, 4.69) is 35.4 Å². The second kappa shape index (κ2) is 10.5. The van der Waals surface area contributed by atoms with Crippen LogP contribution < -0.4 is 5.32 Å². The van der Waals surface area contributed by atoms with Crippen LogP contribution in [-0.2, 0) is 9.59 Å². The summed E-state index contributed by atoms with van der Waals surface area (Å²) < 4.78 is 0. The van der Waals surface area contributed by atoms with Crippen LogP contribution in [-0.4, -0.2) is 33.0 Å². The average molecular weight is 531 g/mol. The molecule has 1 N–H and O–H groups in total. The van der Waals surface area contributed by atoms with Gasteiger partial charge in [-0.05, 0) is 67.3 Å². The Bertz CT molecular complexity index is 1430. The fourth-order valence-corrected chi connectivity index (χ4v) is 5.63. The van der Waals surface area contributed by atoms with Crippen molar-refractivity contribution in [1.82, 2.24) is 5.01 Å². The molecule has 0 fully saturated rings. The van der Waals surface area contributed by atoms with Crippen molar-refractivity contribution in [3.05, 3.63) is 99.6 Å². The Labute approximate surface area is 225 Å². The lowest BCUT2D eigenvalue weighted by molar-refractivity contribution is -0.121. The van der Waals surface area contributed by atoms with E-state index < -0.39 is 5.25 Å². The number of carbonyl (C=O) groups is 2. The number of amides is 2. The van der Waals surface area contributed by atoms with Crippen LogP contribution in [0.15, 0.2) is 76.8 Å². The van der Waals surface area contributed by atoms with Crippen molar-refractivity contribution >= 4 is 51.7 Å². The van der Waals surface area contributed by atoms with E-state index in [1.54, 1.807) is 0 Å². The number of thioether (sulfide) groups is 1. The number of benzene rings is 3. The largest absolute Gasteiger partial charge is 0.326 e. The Morgan fingerprint density at radius 2 is 1.84 bits per heavy atom. The fraction of sp³-hybridized carbons (Fsp3) is 0.241. The van der Waals surface area contributed by atoms with Crippen molar-refractivity contribution in [3.63, 3.8) is 0 Å². The quantitative estimate of drug-likeness (QED) is 0.411. The Hall–Kier alpha value is -3.42. The van der Waals surface area contributed by atoms with E-state index in [1.165, 1.54) is 11.8 Å². The Balaban J connectivity index is 1.35. The van der Waals surface area contributed by atoms with Gasteiger partial charge in [0.1, 0.15) is 5.25 Å². The maximum atomic E-state index is 12.8. The minimum absolute atomic E-state index is 0.0418. The highest BCUT2D eigenvalue weighted by Gasteiger charge is 2.39. The summed E-state index contributed by atoms with van der Waals surface area (Å²) in [4.78, 5) is 29.9. The van der Waals surface area contributed by atoms with Gasteiger partial charge in [0.05, 0.1) is 11.8 Å². The molecule has 3 aromatic rings. The zero-order valence-corrected chi connectivity index (χ0v) is 22.4. The van der Waals surface area contributed by atoms with Gasteiger partial charge in [-0.25, -0.2) is 5.01 Å². The Kier molecular flexibility index (Phi) is 7.17. The van der Waals surface area contributed by atoms with E-state index in [0.29, 0.717) is 16.6 Å². The zero-order chi connectivity index (χ0) is 26.1. The lowest BCUT2D eigenvalue weighted by Gasteiger charge is -2.23. The van der Waals surface area contributed by atoms with Gasteiger partial charge in [0, 0.05) is 23.6 Å². The first kappa shape index (κ1) is 25.2. The smallest absolute Gasteiger partial charge is 0.262 e. The van der Waals surface area contributed by atoms with Gasteiger partial charge in [0.15, 0.2) is 5.17 Å². The number of anilines is 1. The first-order valence-electron chi connectivity index (χ1n) is 12.1. The number of aliphatic imine (C=N–C) groups is 1. The van der Waals surface area contributed by atoms with Gasteiger partial charge in [-0.1, -0.05) is 71.4 Å². The van der Waals surface area contributed by atoms with Gasteiger partial charge >= 0.3 is 0 Å². The number of nitrogens with one attached hydrogen (secondary N) is 1. The fourth-order valence-electron chi connectivity index (χ4n) is 4.44. The molecular formula is C29H27ClN4O2S. The molecule has 2 aliphatic rings. The molecule has 3 aromatic carbocycles.